The molecule has 25 heavy (non-hydrogen) atoms. The van der Waals surface area contributed by atoms with E-state index >= 15 is 0 Å². The first-order chi connectivity index (χ1) is 12.0. The summed E-state index contributed by atoms with van der Waals surface area (Å²) in [5, 5.41) is 2.91. The number of anilines is 1. The summed E-state index contributed by atoms with van der Waals surface area (Å²) >= 11 is 1.67. The van der Waals surface area contributed by atoms with Crippen molar-refractivity contribution >= 4 is 34.4 Å². The number of aryl methyl sites for hydroxylation is 3. The van der Waals surface area contributed by atoms with Crippen molar-refractivity contribution in [3.05, 3.63) is 58.5 Å². The number of rotatable bonds is 5. The Balaban J connectivity index is 1.61. The van der Waals surface area contributed by atoms with E-state index in [2.05, 4.69) is 36.5 Å². The van der Waals surface area contributed by atoms with Crippen LogP contribution >= 0.6 is 11.8 Å². The van der Waals surface area contributed by atoms with Gasteiger partial charge in [0.25, 0.3) is 0 Å². The molecule has 0 bridgehead atoms. The topological polar surface area (TPSA) is 56.0 Å². The normalized spacial score (nSPS) is 11.0. The Bertz CT molecular complexity index is 971. The summed E-state index contributed by atoms with van der Waals surface area (Å²) in [5.41, 5.74) is 3.51. The van der Waals surface area contributed by atoms with Crippen molar-refractivity contribution in [1.82, 2.24) is 9.13 Å². The molecular weight excluding hydrogens is 334 g/mol. The first-order valence-corrected chi connectivity index (χ1v) is 9.09. The zero-order chi connectivity index (χ0) is 18.0. The molecule has 0 aliphatic heterocycles. The predicted molar refractivity (Wildman–Crippen MR) is 103 cm³/mol. The van der Waals surface area contributed by atoms with Gasteiger partial charge in [0.05, 0.1) is 11.0 Å². The average molecular weight is 355 g/mol. The lowest BCUT2D eigenvalue weighted by atomic mass is 10.2. The third-order valence-corrected chi connectivity index (χ3v) is 5.19. The molecule has 5 nitrogen and oxygen atoms in total. The fourth-order valence-electron chi connectivity index (χ4n) is 2.70. The second-order valence-electron chi connectivity index (χ2n) is 6.06. The fraction of sp³-hybridized carbons (Fsp3) is 0.263. The molecular formula is C19H21N3O2S. The molecule has 6 heteroatoms. The van der Waals surface area contributed by atoms with Gasteiger partial charge in [0.2, 0.25) is 5.91 Å². The predicted octanol–water partition coefficient (Wildman–Crippen LogP) is 3.31. The number of imidazole rings is 1. The smallest absolute Gasteiger partial charge is 0.326 e. The van der Waals surface area contributed by atoms with E-state index in [4.69, 9.17) is 0 Å². The van der Waals surface area contributed by atoms with Crippen molar-refractivity contribution in [3.63, 3.8) is 0 Å². The van der Waals surface area contributed by atoms with Crippen LogP contribution in [0.1, 0.15) is 12.0 Å². The van der Waals surface area contributed by atoms with Crippen LogP contribution in [0.15, 0.2) is 52.2 Å². The summed E-state index contributed by atoms with van der Waals surface area (Å²) in [6.07, 6.45) is 0.435. The lowest BCUT2D eigenvalue weighted by Gasteiger charge is -2.06. The van der Waals surface area contributed by atoms with E-state index in [1.54, 1.807) is 35.0 Å². The van der Waals surface area contributed by atoms with E-state index in [9.17, 15) is 9.59 Å². The van der Waals surface area contributed by atoms with Crippen molar-refractivity contribution in [2.45, 2.75) is 18.2 Å². The molecule has 1 aromatic heterocycles. The van der Waals surface area contributed by atoms with Crippen LogP contribution in [0, 0.1) is 6.92 Å². The number of carbonyl (C=O) groups is 1. The third kappa shape index (κ3) is 3.79. The molecule has 1 N–H and O–H groups in total. The van der Waals surface area contributed by atoms with E-state index in [-0.39, 0.29) is 11.6 Å². The quantitative estimate of drug-likeness (QED) is 0.715. The van der Waals surface area contributed by atoms with Crippen LogP contribution in [0.2, 0.25) is 0 Å². The number of thioether (sulfide) groups is 1. The summed E-state index contributed by atoms with van der Waals surface area (Å²) in [4.78, 5) is 25.3. The SMILES string of the molecule is Cc1ccc(SCCC(=O)Nc2ccc3c(c2)n(C)c(=O)n3C)cc1. The van der Waals surface area contributed by atoms with Gasteiger partial charge in [0.15, 0.2) is 0 Å². The van der Waals surface area contributed by atoms with Crippen molar-refractivity contribution in [3.8, 4) is 0 Å². The lowest BCUT2D eigenvalue weighted by Crippen LogP contribution is -2.19. The number of hydrogen-bond donors (Lipinski definition) is 1. The maximum Gasteiger partial charge on any atom is 0.328 e. The van der Waals surface area contributed by atoms with E-state index in [1.165, 1.54) is 10.5 Å². The van der Waals surface area contributed by atoms with Crippen LogP contribution in [0.5, 0.6) is 0 Å². The van der Waals surface area contributed by atoms with Gasteiger partial charge < -0.3 is 5.32 Å². The van der Waals surface area contributed by atoms with Crippen LogP contribution in [0.4, 0.5) is 5.69 Å². The summed E-state index contributed by atoms with van der Waals surface area (Å²) in [7, 11) is 3.47. The molecule has 3 rings (SSSR count). The number of amides is 1. The van der Waals surface area contributed by atoms with Gasteiger partial charge >= 0.3 is 5.69 Å². The summed E-state index contributed by atoms with van der Waals surface area (Å²) in [6, 6.07) is 13.8. The van der Waals surface area contributed by atoms with Gasteiger partial charge in [-0.25, -0.2) is 4.79 Å². The van der Waals surface area contributed by atoms with Gasteiger partial charge in [-0.05, 0) is 37.3 Å². The second-order valence-corrected chi connectivity index (χ2v) is 7.23. The van der Waals surface area contributed by atoms with Crippen LogP contribution < -0.4 is 11.0 Å². The molecule has 1 heterocycles. The number of carbonyl (C=O) groups excluding carboxylic acids is 1. The van der Waals surface area contributed by atoms with Gasteiger partial charge in [-0.1, -0.05) is 17.7 Å². The van der Waals surface area contributed by atoms with Crippen LogP contribution in [0.3, 0.4) is 0 Å². The van der Waals surface area contributed by atoms with Crippen LogP contribution in [-0.2, 0) is 18.9 Å². The molecule has 0 aliphatic carbocycles. The molecule has 130 valence electrons. The third-order valence-electron chi connectivity index (χ3n) is 4.17. The highest BCUT2D eigenvalue weighted by atomic mass is 32.2. The van der Waals surface area contributed by atoms with E-state index in [0.717, 1.165) is 16.8 Å². The second kappa shape index (κ2) is 7.19. The highest BCUT2D eigenvalue weighted by Gasteiger charge is 2.09. The Kier molecular flexibility index (Phi) is 4.99. The Morgan fingerprint density at radius 2 is 1.72 bits per heavy atom. The number of aromatic nitrogens is 2. The highest BCUT2D eigenvalue weighted by Crippen LogP contribution is 2.20. The molecule has 0 spiro atoms. The number of nitrogens with one attached hydrogen (secondary N) is 1. The minimum Gasteiger partial charge on any atom is -0.326 e. The van der Waals surface area contributed by atoms with Gasteiger partial charge in [0, 0.05) is 36.9 Å². The Hall–Kier alpha value is -2.47. The first-order valence-electron chi connectivity index (χ1n) is 8.10. The molecule has 0 atom stereocenters. The van der Waals surface area contributed by atoms with Crippen molar-refractivity contribution in [2.75, 3.05) is 11.1 Å². The average Bonchev–Trinajstić information content (AvgIpc) is 2.81. The summed E-state index contributed by atoms with van der Waals surface area (Å²) in [6.45, 7) is 2.06. The number of fused-ring (bicyclic) bond motifs is 1. The highest BCUT2D eigenvalue weighted by molar-refractivity contribution is 7.99. The summed E-state index contributed by atoms with van der Waals surface area (Å²) < 4.78 is 3.18. The Morgan fingerprint density at radius 1 is 1.04 bits per heavy atom. The van der Waals surface area contributed by atoms with Crippen LogP contribution in [0.25, 0.3) is 11.0 Å². The Morgan fingerprint density at radius 3 is 2.44 bits per heavy atom. The van der Waals surface area contributed by atoms with Crippen molar-refractivity contribution in [2.24, 2.45) is 14.1 Å². The zero-order valence-corrected chi connectivity index (χ0v) is 15.4. The Labute approximate surface area is 150 Å². The van der Waals surface area contributed by atoms with Gasteiger partial charge in [-0.3, -0.25) is 13.9 Å². The largest absolute Gasteiger partial charge is 0.328 e. The molecule has 0 fully saturated rings. The monoisotopic (exact) mass is 355 g/mol. The minimum absolute atomic E-state index is 0.0279. The van der Waals surface area contributed by atoms with Gasteiger partial charge in [0.1, 0.15) is 0 Å². The number of benzene rings is 2. The maximum absolute atomic E-state index is 12.2. The molecule has 0 saturated heterocycles. The van der Waals surface area contributed by atoms with E-state index in [0.29, 0.717) is 12.1 Å². The first kappa shape index (κ1) is 17.4. The number of nitrogens with zero attached hydrogens (tertiary/aromatic N) is 2. The molecule has 0 saturated carbocycles. The molecule has 0 radical (unpaired) electrons. The summed E-state index contributed by atoms with van der Waals surface area (Å²) in [5.74, 6) is 0.695. The van der Waals surface area contributed by atoms with Crippen molar-refractivity contribution < 1.29 is 4.79 Å². The molecule has 2 aromatic carbocycles. The molecule has 0 unspecified atom stereocenters. The standard InChI is InChI=1S/C19H21N3O2S/c1-13-4-7-15(8-5-13)25-11-10-18(23)20-14-6-9-16-17(12-14)22(3)19(24)21(16)2/h4-9,12H,10-11H2,1-3H3,(H,20,23). The fourth-order valence-corrected chi connectivity index (χ4v) is 3.56. The lowest BCUT2D eigenvalue weighted by molar-refractivity contribution is -0.115. The van der Waals surface area contributed by atoms with Gasteiger partial charge in [-0.15, -0.1) is 11.8 Å². The van der Waals surface area contributed by atoms with E-state index < -0.39 is 0 Å². The molecule has 1 amide bonds. The zero-order valence-electron chi connectivity index (χ0n) is 14.6. The molecule has 0 aliphatic rings. The van der Waals surface area contributed by atoms with Crippen molar-refractivity contribution in [1.29, 1.82) is 0 Å². The number of hydrogen-bond acceptors (Lipinski definition) is 3. The van der Waals surface area contributed by atoms with Gasteiger partial charge in [-0.2, -0.15) is 0 Å². The van der Waals surface area contributed by atoms with E-state index in [1.807, 2.05) is 18.2 Å². The van der Waals surface area contributed by atoms with Crippen LogP contribution in [-0.4, -0.2) is 20.8 Å². The maximum atomic E-state index is 12.2. The molecule has 3 aromatic rings. The minimum atomic E-state index is -0.0759.